The van der Waals surface area contributed by atoms with Crippen LogP contribution >= 0.6 is 0 Å². The molecule has 0 saturated carbocycles. The molecule has 0 atom stereocenters. The van der Waals surface area contributed by atoms with Crippen LogP contribution in [0.1, 0.15) is 10.4 Å². The predicted molar refractivity (Wildman–Crippen MR) is 53.8 cm³/mol. The molecule has 0 bridgehead atoms. The molecule has 0 aliphatic rings. The Kier molecular flexibility index (Phi) is 3.78. The summed E-state index contributed by atoms with van der Waals surface area (Å²) in [7, 11) is 0.885. The predicted octanol–water partition coefficient (Wildman–Crippen LogP) is 2.18. The van der Waals surface area contributed by atoms with E-state index < -0.39 is 41.5 Å². The standard InChI is InChI=1S/C10H9F5N2O/c1-17(4-10(13,14)15)9(18)5-2-6(11)7(12)3-8(5)16/h2-3H,4,16H2,1H3. The van der Waals surface area contributed by atoms with Gasteiger partial charge in [0, 0.05) is 18.8 Å². The Balaban J connectivity index is 3.01. The van der Waals surface area contributed by atoms with Gasteiger partial charge in [0.05, 0.1) is 5.56 Å². The second kappa shape index (κ2) is 4.79. The molecule has 2 N–H and O–H groups in total. The molecule has 0 fully saturated rings. The fourth-order valence-electron chi connectivity index (χ4n) is 1.29. The SMILES string of the molecule is CN(CC(F)(F)F)C(=O)c1cc(F)c(F)cc1N. The summed E-state index contributed by atoms with van der Waals surface area (Å²) in [6.45, 7) is -1.51. The van der Waals surface area contributed by atoms with Crippen LogP contribution in [0.4, 0.5) is 27.6 Å². The summed E-state index contributed by atoms with van der Waals surface area (Å²) >= 11 is 0. The number of anilines is 1. The zero-order valence-corrected chi connectivity index (χ0v) is 9.18. The molecule has 0 aromatic heterocycles. The molecular weight excluding hydrogens is 259 g/mol. The van der Waals surface area contributed by atoms with E-state index in [2.05, 4.69) is 0 Å². The van der Waals surface area contributed by atoms with Crippen molar-refractivity contribution in [1.29, 1.82) is 0 Å². The Labute approximate surface area is 99.0 Å². The highest BCUT2D eigenvalue weighted by Crippen LogP contribution is 2.21. The third-order valence-corrected chi connectivity index (χ3v) is 2.09. The molecule has 3 nitrogen and oxygen atoms in total. The molecule has 18 heavy (non-hydrogen) atoms. The summed E-state index contributed by atoms with van der Waals surface area (Å²) in [6.07, 6.45) is -4.59. The summed E-state index contributed by atoms with van der Waals surface area (Å²) in [6, 6.07) is 1.02. The number of nitrogens with zero attached hydrogens (tertiary/aromatic N) is 1. The van der Waals surface area contributed by atoms with Crippen LogP contribution < -0.4 is 5.73 Å². The first-order valence-corrected chi connectivity index (χ1v) is 4.68. The molecule has 0 heterocycles. The fraction of sp³-hybridized carbons (Fsp3) is 0.300. The quantitative estimate of drug-likeness (QED) is 0.660. The van der Waals surface area contributed by atoms with Gasteiger partial charge in [-0.2, -0.15) is 13.2 Å². The van der Waals surface area contributed by atoms with E-state index in [0.717, 1.165) is 7.05 Å². The van der Waals surface area contributed by atoms with Gasteiger partial charge in [0.15, 0.2) is 11.6 Å². The Morgan fingerprint density at radius 1 is 1.28 bits per heavy atom. The van der Waals surface area contributed by atoms with Crippen LogP contribution in [0.2, 0.25) is 0 Å². The van der Waals surface area contributed by atoms with E-state index in [1.165, 1.54) is 0 Å². The highest BCUT2D eigenvalue weighted by Gasteiger charge is 2.32. The van der Waals surface area contributed by atoms with Gasteiger partial charge in [0.2, 0.25) is 0 Å². The first kappa shape index (κ1) is 14.2. The number of hydrogen-bond donors (Lipinski definition) is 1. The highest BCUT2D eigenvalue weighted by molar-refractivity contribution is 5.99. The minimum atomic E-state index is -4.59. The van der Waals surface area contributed by atoms with Gasteiger partial charge in [-0.3, -0.25) is 4.79 Å². The topological polar surface area (TPSA) is 46.3 Å². The zero-order valence-electron chi connectivity index (χ0n) is 9.18. The Morgan fingerprint density at radius 2 is 1.78 bits per heavy atom. The van der Waals surface area contributed by atoms with E-state index >= 15 is 0 Å². The van der Waals surface area contributed by atoms with Gasteiger partial charge in [0.25, 0.3) is 5.91 Å². The first-order chi connectivity index (χ1) is 8.11. The van der Waals surface area contributed by atoms with Crippen molar-refractivity contribution in [3.8, 4) is 0 Å². The number of carbonyl (C=O) groups is 1. The van der Waals surface area contributed by atoms with Gasteiger partial charge in [-0.25, -0.2) is 8.78 Å². The summed E-state index contributed by atoms with van der Waals surface area (Å²) < 4.78 is 61.8. The number of alkyl halides is 3. The minimum absolute atomic E-state index is 0.322. The van der Waals surface area contributed by atoms with Crippen LogP contribution in [-0.4, -0.2) is 30.6 Å². The molecule has 0 saturated heterocycles. The van der Waals surface area contributed by atoms with Crippen LogP contribution in [0.25, 0.3) is 0 Å². The van der Waals surface area contributed by atoms with E-state index in [-0.39, 0.29) is 0 Å². The molecular formula is C10H9F5N2O. The van der Waals surface area contributed by atoms with Crippen LogP contribution in [0.5, 0.6) is 0 Å². The second-order valence-electron chi connectivity index (χ2n) is 3.63. The molecule has 1 rings (SSSR count). The molecule has 0 aliphatic heterocycles. The summed E-state index contributed by atoms with van der Waals surface area (Å²) in [5.74, 6) is -3.76. The van der Waals surface area contributed by atoms with Crippen molar-refractivity contribution in [3.63, 3.8) is 0 Å². The van der Waals surface area contributed by atoms with Gasteiger partial charge in [0.1, 0.15) is 6.54 Å². The molecule has 1 aromatic carbocycles. The second-order valence-corrected chi connectivity index (χ2v) is 3.63. The van der Waals surface area contributed by atoms with Crippen molar-refractivity contribution in [3.05, 3.63) is 29.3 Å². The Hall–Kier alpha value is -1.86. The lowest BCUT2D eigenvalue weighted by Crippen LogP contribution is -2.36. The van der Waals surface area contributed by atoms with Crippen molar-refractivity contribution >= 4 is 11.6 Å². The van der Waals surface area contributed by atoms with E-state index in [1.807, 2.05) is 0 Å². The number of benzene rings is 1. The van der Waals surface area contributed by atoms with Crippen molar-refractivity contribution in [2.24, 2.45) is 0 Å². The third kappa shape index (κ3) is 3.31. The van der Waals surface area contributed by atoms with E-state index in [4.69, 9.17) is 5.73 Å². The van der Waals surface area contributed by atoms with Crippen LogP contribution in [-0.2, 0) is 0 Å². The van der Waals surface area contributed by atoms with E-state index in [0.29, 0.717) is 17.0 Å². The number of nitrogen functional groups attached to an aromatic ring is 1. The van der Waals surface area contributed by atoms with Gasteiger partial charge in [-0.05, 0) is 6.07 Å². The molecule has 0 aliphatic carbocycles. The average Bonchev–Trinajstić information content (AvgIpc) is 2.20. The maximum atomic E-state index is 12.9. The van der Waals surface area contributed by atoms with Gasteiger partial charge in [-0.1, -0.05) is 0 Å². The van der Waals surface area contributed by atoms with Gasteiger partial charge < -0.3 is 10.6 Å². The van der Waals surface area contributed by atoms with Gasteiger partial charge in [-0.15, -0.1) is 0 Å². The lowest BCUT2D eigenvalue weighted by atomic mass is 10.1. The molecule has 1 aromatic rings. The smallest absolute Gasteiger partial charge is 0.398 e. The number of rotatable bonds is 2. The number of nitrogens with two attached hydrogens (primary N) is 1. The lowest BCUT2D eigenvalue weighted by molar-refractivity contribution is -0.138. The summed E-state index contributed by atoms with van der Waals surface area (Å²) in [5.41, 5.74) is 4.32. The lowest BCUT2D eigenvalue weighted by Gasteiger charge is -2.19. The molecule has 0 spiro atoms. The molecule has 0 unspecified atom stereocenters. The normalized spacial score (nSPS) is 11.4. The van der Waals surface area contributed by atoms with E-state index in [1.54, 1.807) is 0 Å². The molecule has 8 heteroatoms. The molecule has 1 amide bonds. The monoisotopic (exact) mass is 268 g/mol. The summed E-state index contributed by atoms with van der Waals surface area (Å²) in [4.78, 5) is 11.9. The van der Waals surface area contributed by atoms with Crippen molar-refractivity contribution in [1.82, 2.24) is 4.90 Å². The largest absolute Gasteiger partial charge is 0.406 e. The Bertz CT molecular complexity index is 472. The zero-order chi connectivity index (χ0) is 14.1. The number of hydrogen-bond acceptors (Lipinski definition) is 2. The van der Waals surface area contributed by atoms with Crippen LogP contribution in [0.15, 0.2) is 12.1 Å². The first-order valence-electron chi connectivity index (χ1n) is 4.68. The van der Waals surface area contributed by atoms with Crippen molar-refractivity contribution < 1.29 is 26.7 Å². The average molecular weight is 268 g/mol. The maximum absolute atomic E-state index is 12.9. The molecule has 0 radical (unpaired) electrons. The van der Waals surface area contributed by atoms with E-state index in [9.17, 15) is 26.7 Å². The van der Waals surface area contributed by atoms with Crippen molar-refractivity contribution in [2.45, 2.75) is 6.18 Å². The maximum Gasteiger partial charge on any atom is 0.406 e. The number of amides is 1. The fourth-order valence-corrected chi connectivity index (χ4v) is 1.29. The number of carbonyl (C=O) groups excluding carboxylic acids is 1. The van der Waals surface area contributed by atoms with Crippen LogP contribution in [0, 0.1) is 11.6 Å². The Morgan fingerprint density at radius 3 is 2.28 bits per heavy atom. The summed E-state index contributed by atoms with van der Waals surface area (Å²) in [5, 5.41) is 0. The van der Waals surface area contributed by atoms with Crippen molar-refractivity contribution in [2.75, 3.05) is 19.3 Å². The van der Waals surface area contributed by atoms with Crippen LogP contribution in [0.3, 0.4) is 0 Å². The third-order valence-electron chi connectivity index (χ3n) is 2.09. The molecule has 100 valence electrons. The highest BCUT2D eigenvalue weighted by atomic mass is 19.4. The van der Waals surface area contributed by atoms with Gasteiger partial charge >= 0.3 is 6.18 Å². The number of halogens is 5. The minimum Gasteiger partial charge on any atom is -0.398 e.